The van der Waals surface area contributed by atoms with Crippen LogP contribution in [-0.2, 0) is 22.4 Å². The van der Waals surface area contributed by atoms with E-state index in [0.29, 0.717) is 22.7 Å². The van der Waals surface area contributed by atoms with Gasteiger partial charge in [-0.25, -0.2) is 0 Å². The number of hydrogen-bond donors (Lipinski definition) is 4. The average molecular weight is 565 g/mol. The number of benzene rings is 4. The molecule has 0 aliphatic carbocycles. The second kappa shape index (κ2) is 17.0. The van der Waals surface area contributed by atoms with E-state index in [9.17, 15) is 0 Å². The van der Waals surface area contributed by atoms with Crippen molar-refractivity contribution >= 4 is 22.7 Å². The van der Waals surface area contributed by atoms with E-state index >= 15 is 0 Å². The summed E-state index contributed by atoms with van der Waals surface area (Å²) in [7, 11) is 0. The van der Waals surface area contributed by atoms with Crippen LogP contribution in [-0.4, -0.2) is 0 Å². The normalized spacial score (nSPS) is 8.28. The van der Waals surface area contributed by atoms with Crippen LogP contribution in [0.4, 0.5) is 22.7 Å². The van der Waals surface area contributed by atoms with E-state index in [0.717, 1.165) is 0 Å². The molecule has 0 saturated heterocycles. The SMILES string of the molecule is Nc1[c-]cccc1.Nc1[c-]cccc1.Nc1[c-]cccc1.Nc1[c-]cccc1.[Au]. The monoisotopic (exact) mass is 565 g/mol. The van der Waals surface area contributed by atoms with Gasteiger partial charge in [0.2, 0.25) is 0 Å². The molecule has 5 heteroatoms. The minimum atomic E-state index is 0. The van der Waals surface area contributed by atoms with Crippen molar-refractivity contribution in [2.45, 2.75) is 0 Å². The molecule has 0 spiro atoms. The van der Waals surface area contributed by atoms with Gasteiger partial charge in [-0.3, -0.25) is 0 Å². The van der Waals surface area contributed by atoms with E-state index in [2.05, 4.69) is 24.3 Å². The van der Waals surface area contributed by atoms with Crippen LogP contribution in [0.15, 0.2) is 97.1 Å². The predicted molar refractivity (Wildman–Crippen MR) is 119 cm³/mol. The Labute approximate surface area is 189 Å². The number of nitrogen functional groups attached to an aromatic ring is 4. The largest absolute Gasteiger partial charge is 0.420 e. The fraction of sp³-hybridized carbons (Fsp3) is 0. The number of rotatable bonds is 0. The first-order chi connectivity index (χ1) is 13.6. The second-order valence-electron chi connectivity index (χ2n) is 5.27. The summed E-state index contributed by atoms with van der Waals surface area (Å²) >= 11 is 0. The molecule has 29 heavy (non-hydrogen) atoms. The van der Waals surface area contributed by atoms with Crippen molar-refractivity contribution in [2.75, 3.05) is 22.9 Å². The van der Waals surface area contributed by atoms with Crippen LogP contribution >= 0.6 is 0 Å². The molecule has 8 N–H and O–H groups in total. The van der Waals surface area contributed by atoms with Crippen molar-refractivity contribution in [3.8, 4) is 0 Å². The summed E-state index contributed by atoms with van der Waals surface area (Å²) in [4.78, 5) is 0. The molecule has 155 valence electrons. The molecule has 0 aromatic heterocycles. The van der Waals surface area contributed by atoms with Crippen LogP contribution in [0.2, 0.25) is 0 Å². The van der Waals surface area contributed by atoms with E-state index < -0.39 is 0 Å². The Balaban J connectivity index is 0.000000356. The Morgan fingerprint density at radius 1 is 0.379 bits per heavy atom. The van der Waals surface area contributed by atoms with Crippen molar-refractivity contribution in [1.82, 2.24) is 0 Å². The standard InChI is InChI=1S/4C6H6N.Au/c4*7-6-4-2-1-3-5-6;/h4*1-4H,7H2;/q4*-1;. The van der Waals surface area contributed by atoms with E-state index in [4.69, 9.17) is 22.9 Å². The van der Waals surface area contributed by atoms with E-state index in [1.165, 1.54) is 0 Å². The summed E-state index contributed by atoms with van der Waals surface area (Å²) in [5, 5.41) is 0. The van der Waals surface area contributed by atoms with Crippen LogP contribution in [0.3, 0.4) is 0 Å². The molecule has 0 saturated carbocycles. The molecule has 0 atom stereocenters. The smallest absolute Gasteiger partial charge is 0 e. The summed E-state index contributed by atoms with van der Waals surface area (Å²) < 4.78 is 0. The molecule has 0 amide bonds. The van der Waals surface area contributed by atoms with Crippen molar-refractivity contribution in [2.24, 2.45) is 0 Å². The molecule has 0 aliphatic heterocycles. The van der Waals surface area contributed by atoms with E-state index in [1.54, 1.807) is 48.5 Å². The van der Waals surface area contributed by atoms with Crippen LogP contribution in [0.1, 0.15) is 0 Å². The van der Waals surface area contributed by atoms with Gasteiger partial charge >= 0.3 is 0 Å². The zero-order chi connectivity index (χ0) is 20.5. The molecule has 0 bridgehead atoms. The predicted octanol–water partition coefficient (Wildman–Crippen LogP) is 4.27. The minimum Gasteiger partial charge on any atom is -0.420 e. The third-order valence-electron chi connectivity index (χ3n) is 2.93. The number of hydrogen-bond acceptors (Lipinski definition) is 4. The Hall–Kier alpha value is -3.18. The number of anilines is 4. The second-order valence-corrected chi connectivity index (χ2v) is 5.27. The van der Waals surface area contributed by atoms with Gasteiger partial charge in [0, 0.05) is 22.4 Å². The zero-order valence-corrected chi connectivity index (χ0v) is 18.0. The van der Waals surface area contributed by atoms with E-state index in [-0.39, 0.29) is 22.4 Å². The molecule has 0 unspecified atom stereocenters. The van der Waals surface area contributed by atoms with Crippen molar-refractivity contribution < 1.29 is 22.4 Å². The van der Waals surface area contributed by atoms with Crippen LogP contribution < -0.4 is 22.9 Å². The van der Waals surface area contributed by atoms with Gasteiger partial charge in [0.25, 0.3) is 0 Å². The maximum atomic E-state index is 5.30. The van der Waals surface area contributed by atoms with Gasteiger partial charge in [-0.05, 0) is 0 Å². The van der Waals surface area contributed by atoms with Gasteiger partial charge < -0.3 is 22.9 Å². The number of para-hydroxylation sites is 4. The van der Waals surface area contributed by atoms with Gasteiger partial charge in [-0.15, -0.1) is 24.3 Å². The molecular weight excluding hydrogens is 541 g/mol. The zero-order valence-electron chi connectivity index (χ0n) is 15.8. The van der Waals surface area contributed by atoms with Gasteiger partial charge in [0.15, 0.2) is 0 Å². The van der Waals surface area contributed by atoms with Gasteiger partial charge in [0.1, 0.15) is 0 Å². The molecular formula is C24H24AuN4-4. The maximum absolute atomic E-state index is 5.30. The van der Waals surface area contributed by atoms with Crippen LogP contribution in [0, 0.1) is 24.3 Å². The average Bonchev–Trinajstić information content (AvgIpc) is 2.72. The molecule has 4 rings (SSSR count). The molecule has 0 heterocycles. The van der Waals surface area contributed by atoms with Crippen molar-refractivity contribution in [3.63, 3.8) is 0 Å². The fourth-order valence-corrected chi connectivity index (χ4v) is 1.63. The van der Waals surface area contributed by atoms with Crippen molar-refractivity contribution in [1.29, 1.82) is 0 Å². The summed E-state index contributed by atoms with van der Waals surface area (Å²) in [5.41, 5.74) is 24.0. The molecule has 0 aliphatic rings. The summed E-state index contributed by atoms with van der Waals surface area (Å²) in [6, 6.07) is 40.7. The topological polar surface area (TPSA) is 104 Å². The Morgan fingerprint density at radius 3 is 0.655 bits per heavy atom. The summed E-state index contributed by atoms with van der Waals surface area (Å²) in [6.07, 6.45) is 0. The molecule has 4 aromatic rings. The quantitative estimate of drug-likeness (QED) is 0.145. The number of nitrogens with two attached hydrogens (primary N) is 4. The van der Waals surface area contributed by atoms with Gasteiger partial charge in [-0.1, -0.05) is 22.7 Å². The molecule has 4 nitrogen and oxygen atoms in total. The third-order valence-corrected chi connectivity index (χ3v) is 2.93. The van der Waals surface area contributed by atoms with E-state index in [1.807, 2.05) is 48.5 Å². The van der Waals surface area contributed by atoms with Gasteiger partial charge in [0.05, 0.1) is 0 Å². The Bertz CT molecular complexity index is 693. The molecule has 4 aromatic carbocycles. The summed E-state index contributed by atoms with van der Waals surface area (Å²) in [5.74, 6) is 0. The Kier molecular flexibility index (Phi) is 15.1. The summed E-state index contributed by atoms with van der Waals surface area (Å²) in [6.45, 7) is 0. The van der Waals surface area contributed by atoms with Crippen LogP contribution in [0.25, 0.3) is 0 Å². The van der Waals surface area contributed by atoms with Crippen molar-refractivity contribution in [3.05, 3.63) is 121 Å². The minimum absolute atomic E-state index is 0. The maximum Gasteiger partial charge on any atom is 0 e. The molecule has 1 radical (unpaired) electrons. The fourth-order valence-electron chi connectivity index (χ4n) is 1.63. The first kappa shape index (κ1) is 25.8. The Morgan fingerprint density at radius 2 is 0.586 bits per heavy atom. The van der Waals surface area contributed by atoms with Gasteiger partial charge in [-0.2, -0.15) is 97.1 Å². The third kappa shape index (κ3) is 15.6. The first-order valence-electron chi connectivity index (χ1n) is 8.46. The van der Waals surface area contributed by atoms with Crippen LogP contribution in [0.5, 0.6) is 0 Å². The first-order valence-corrected chi connectivity index (χ1v) is 8.46. The molecule has 0 fully saturated rings.